The van der Waals surface area contributed by atoms with E-state index in [-0.39, 0.29) is 31.1 Å². The summed E-state index contributed by atoms with van der Waals surface area (Å²) >= 11 is 0. The van der Waals surface area contributed by atoms with Gasteiger partial charge in [-0.15, -0.1) is 0 Å². The van der Waals surface area contributed by atoms with E-state index in [9.17, 15) is 14.4 Å². The van der Waals surface area contributed by atoms with E-state index < -0.39 is 6.10 Å². The lowest BCUT2D eigenvalue weighted by molar-refractivity contribution is -0.167. The van der Waals surface area contributed by atoms with E-state index in [0.717, 1.165) is 109 Å². The molecule has 0 aliphatic heterocycles. The van der Waals surface area contributed by atoms with Gasteiger partial charge in [0.1, 0.15) is 13.2 Å². The summed E-state index contributed by atoms with van der Waals surface area (Å²) in [6, 6.07) is 0. The molecule has 0 aliphatic carbocycles. The average molecular weight is 917 g/mol. The molecule has 0 saturated heterocycles. The van der Waals surface area contributed by atoms with Gasteiger partial charge in [-0.3, -0.25) is 14.4 Å². The third-order valence-corrected chi connectivity index (χ3v) is 11.4. The molecular formula is C60H100O6. The highest BCUT2D eigenvalue weighted by molar-refractivity contribution is 5.71. The summed E-state index contributed by atoms with van der Waals surface area (Å²) < 4.78 is 16.7. The summed E-state index contributed by atoms with van der Waals surface area (Å²) in [7, 11) is 0. The number of allylic oxidation sites excluding steroid dienone is 16. The van der Waals surface area contributed by atoms with Crippen molar-refractivity contribution in [3.05, 3.63) is 97.2 Å². The summed E-state index contributed by atoms with van der Waals surface area (Å²) in [4.78, 5) is 37.9. The van der Waals surface area contributed by atoms with E-state index in [1.165, 1.54) is 96.3 Å². The lowest BCUT2D eigenvalue weighted by Crippen LogP contribution is -2.30. The van der Waals surface area contributed by atoms with Crippen molar-refractivity contribution in [1.29, 1.82) is 0 Å². The summed E-state index contributed by atoms with van der Waals surface area (Å²) in [5.74, 6) is -0.937. The molecule has 6 nitrogen and oxygen atoms in total. The molecule has 376 valence electrons. The Kier molecular flexibility index (Phi) is 50.9. The van der Waals surface area contributed by atoms with Crippen LogP contribution in [-0.2, 0) is 28.6 Å². The van der Waals surface area contributed by atoms with Gasteiger partial charge in [-0.1, -0.05) is 240 Å². The predicted octanol–water partition coefficient (Wildman–Crippen LogP) is 18.1. The average Bonchev–Trinajstić information content (AvgIpc) is 3.31. The van der Waals surface area contributed by atoms with Crippen molar-refractivity contribution in [2.45, 2.75) is 252 Å². The number of hydrogen-bond acceptors (Lipinski definition) is 6. The second-order valence-corrected chi connectivity index (χ2v) is 17.8. The van der Waals surface area contributed by atoms with Crippen LogP contribution in [0.2, 0.25) is 0 Å². The van der Waals surface area contributed by atoms with E-state index >= 15 is 0 Å². The van der Waals surface area contributed by atoms with Crippen LogP contribution in [0.25, 0.3) is 0 Å². The number of carbonyl (C=O) groups excluding carboxylic acids is 3. The van der Waals surface area contributed by atoms with Gasteiger partial charge in [0.05, 0.1) is 0 Å². The van der Waals surface area contributed by atoms with Crippen LogP contribution in [-0.4, -0.2) is 37.2 Å². The molecule has 0 saturated carbocycles. The normalized spacial score (nSPS) is 12.8. The molecule has 0 aromatic carbocycles. The molecule has 0 aromatic heterocycles. The molecule has 0 spiro atoms. The second kappa shape index (κ2) is 53.9. The Labute approximate surface area is 407 Å². The van der Waals surface area contributed by atoms with Crippen LogP contribution in [0.5, 0.6) is 0 Å². The lowest BCUT2D eigenvalue weighted by Gasteiger charge is -2.18. The van der Waals surface area contributed by atoms with Crippen LogP contribution >= 0.6 is 0 Å². The van der Waals surface area contributed by atoms with Crippen LogP contribution in [0.1, 0.15) is 245 Å². The number of carbonyl (C=O) groups is 3. The van der Waals surface area contributed by atoms with Crippen LogP contribution < -0.4 is 0 Å². The fourth-order valence-corrected chi connectivity index (χ4v) is 7.28. The summed E-state index contributed by atoms with van der Waals surface area (Å²) in [6.45, 7) is 6.46. The first-order valence-corrected chi connectivity index (χ1v) is 27.2. The zero-order valence-corrected chi connectivity index (χ0v) is 42.9. The Hall–Kier alpha value is -3.67. The molecule has 0 amide bonds. The summed E-state index contributed by atoms with van der Waals surface area (Å²) in [5, 5.41) is 0. The van der Waals surface area contributed by atoms with E-state index in [2.05, 4.69) is 118 Å². The van der Waals surface area contributed by atoms with Gasteiger partial charge in [-0.25, -0.2) is 0 Å². The topological polar surface area (TPSA) is 78.9 Å². The van der Waals surface area contributed by atoms with E-state index in [1.807, 2.05) is 0 Å². The lowest BCUT2D eigenvalue weighted by atomic mass is 10.1. The monoisotopic (exact) mass is 917 g/mol. The van der Waals surface area contributed by atoms with Gasteiger partial charge in [0.15, 0.2) is 6.10 Å². The molecule has 0 aromatic rings. The third-order valence-electron chi connectivity index (χ3n) is 11.4. The number of esters is 3. The minimum atomic E-state index is -0.791. The van der Waals surface area contributed by atoms with Crippen molar-refractivity contribution < 1.29 is 28.6 Å². The number of unbranched alkanes of at least 4 members (excludes halogenated alkanes) is 21. The minimum absolute atomic E-state index is 0.0888. The Morgan fingerprint density at radius 1 is 0.318 bits per heavy atom. The maximum absolute atomic E-state index is 12.8. The van der Waals surface area contributed by atoms with Crippen molar-refractivity contribution in [2.75, 3.05) is 13.2 Å². The first kappa shape index (κ1) is 62.3. The van der Waals surface area contributed by atoms with Crippen molar-refractivity contribution in [3.63, 3.8) is 0 Å². The highest BCUT2D eigenvalue weighted by atomic mass is 16.6. The van der Waals surface area contributed by atoms with Gasteiger partial charge in [0, 0.05) is 19.3 Å². The SMILES string of the molecule is CC/C=C\C/C=C\C/C=C\C/C=C\C/C=C\C/C=C\C/C=C\C/C=C\CCCCC(=O)OCC(COC(=O)CCCCCCCCCCCC)OC(=O)CCCCCCCCCCCCC. The van der Waals surface area contributed by atoms with Crippen molar-refractivity contribution in [1.82, 2.24) is 0 Å². The van der Waals surface area contributed by atoms with E-state index in [0.29, 0.717) is 19.3 Å². The van der Waals surface area contributed by atoms with Gasteiger partial charge in [-0.2, -0.15) is 0 Å². The largest absolute Gasteiger partial charge is 0.462 e. The zero-order valence-electron chi connectivity index (χ0n) is 42.9. The smallest absolute Gasteiger partial charge is 0.306 e. The molecule has 0 radical (unpaired) electrons. The van der Waals surface area contributed by atoms with Gasteiger partial charge in [0.2, 0.25) is 0 Å². The Morgan fingerprint density at radius 3 is 0.924 bits per heavy atom. The number of hydrogen-bond donors (Lipinski definition) is 0. The summed E-state index contributed by atoms with van der Waals surface area (Å²) in [6.07, 6.45) is 71.2. The minimum Gasteiger partial charge on any atom is -0.462 e. The van der Waals surface area contributed by atoms with E-state index in [4.69, 9.17) is 14.2 Å². The van der Waals surface area contributed by atoms with Crippen LogP contribution in [0.15, 0.2) is 97.2 Å². The fraction of sp³-hybridized carbons (Fsp3) is 0.683. The maximum atomic E-state index is 12.8. The van der Waals surface area contributed by atoms with Gasteiger partial charge in [0.25, 0.3) is 0 Å². The molecule has 1 atom stereocenters. The molecule has 0 rings (SSSR count). The predicted molar refractivity (Wildman–Crippen MR) is 284 cm³/mol. The second-order valence-electron chi connectivity index (χ2n) is 17.8. The molecule has 1 unspecified atom stereocenters. The van der Waals surface area contributed by atoms with Crippen LogP contribution in [0.3, 0.4) is 0 Å². The number of ether oxygens (including phenoxy) is 3. The van der Waals surface area contributed by atoms with E-state index in [1.54, 1.807) is 0 Å². The molecule has 0 heterocycles. The maximum Gasteiger partial charge on any atom is 0.306 e. The zero-order chi connectivity index (χ0) is 47.9. The molecular weight excluding hydrogens is 817 g/mol. The Balaban J connectivity index is 4.33. The Morgan fingerprint density at radius 2 is 0.591 bits per heavy atom. The van der Waals surface area contributed by atoms with Crippen molar-refractivity contribution in [3.8, 4) is 0 Å². The standard InChI is InChI=1S/C60H100O6/c1-4-7-10-13-16-19-22-23-24-25-26-27-28-29-30-31-32-33-34-35-36-37-39-41-44-47-50-53-59(62)65-56-57(55-64-58(61)52-49-46-43-40-21-18-15-12-9-6-3)66-60(63)54-51-48-45-42-38-20-17-14-11-8-5-2/h7,10,16,19,23-24,26-27,29-30,32-33,35-36,39,41,57H,4-6,8-9,11-15,17-18,20-22,25,28,31,34,37-38,40,42-56H2,1-3H3/b10-7-,19-16-,24-23-,27-26-,30-29-,33-32-,36-35-,41-39-. The van der Waals surface area contributed by atoms with Crippen molar-refractivity contribution >= 4 is 17.9 Å². The third kappa shape index (κ3) is 51.3. The van der Waals surface area contributed by atoms with Gasteiger partial charge >= 0.3 is 17.9 Å². The highest BCUT2D eigenvalue weighted by Gasteiger charge is 2.19. The molecule has 6 heteroatoms. The van der Waals surface area contributed by atoms with Gasteiger partial charge in [-0.05, 0) is 83.5 Å². The molecule has 0 N–H and O–H groups in total. The summed E-state index contributed by atoms with van der Waals surface area (Å²) in [5.41, 5.74) is 0. The quantitative estimate of drug-likeness (QED) is 0.0262. The van der Waals surface area contributed by atoms with Crippen LogP contribution in [0, 0.1) is 0 Å². The Bertz CT molecular complexity index is 1330. The van der Waals surface area contributed by atoms with Crippen molar-refractivity contribution in [2.24, 2.45) is 0 Å². The first-order chi connectivity index (χ1) is 32.5. The van der Waals surface area contributed by atoms with Crippen LogP contribution in [0.4, 0.5) is 0 Å². The number of rotatable bonds is 48. The molecule has 0 aliphatic rings. The fourth-order valence-electron chi connectivity index (χ4n) is 7.28. The highest BCUT2D eigenvalue weighted by Crippen LogP contribution is 2.14. The first-order valence-electron chi connectivity index (χ1n) is 27.2. The van der Waals surface area contributed by atoms with Gasteiger partial charge < -0.3 is 14.2 Å². The molecule has 0 fully saturated rings. The molecule has 0 bridgehead atoms. The molecule has 66 heavy (non-hydrogen) atoms.